The van der Waals surface area contributed by atoms with Crippen LogP contribution in [0.2, 0.25) is 0 Å². The molecule has 2 rings (SSSR count). The van der Waals surface area contributed by atoms with E-state index in [0.717, 1.165) is 24.0 Å². The monoisotopic (exact) mass is 316 g/mol. The molecule has 0 aromatic heterocycles. The average molecular weight is 316 g/mol. The van der Waals surface area contributed by atoms with Gasteiger partial charge >= 0.3 is 5.97 Å². The Morgan fingerprint density at radius 3 is 2.90 bits per heavy atom. The van der Waals surface area contributed by atoms with E-state index in [-0.39, 0.29) is 12.2 Å². The van der Waals surface area contributed by atoms with Gasteiger partial charge in [0.05, 0.1) is 12.2 Å². The van der Waals surface area contributed by atoms with E-state index < -0.39 is 29.6 Å². The van der Waals surface area contributed by atoms with Crippen molar-refractivity contribution in [2.45, 2.75) is 6.04 Å². The first kappa shape index (κ1) is 15.7. The van der Waals surface area contributed by atoms with Crippen LogP contribution in [0.5, 0.6) is 0 Å². The van der Waals surface area contributed by atoms with Gasteiger partial charge in [-0.15, -0.1) is 0 Å². The molecule has 1 saturated heterocycles. The zero-order chi connectivity index (χ0) is 15.4. The summed E-state index contributed by atoms with van der Waals surface area (Å²) in [5.41, 5.74) is -0.252. The number of carboxylic acids is 1. The summed E-state index contributed by atoms with van der Waals surface area (Å²) < 4.78 is 26.4. The second-order valence-corrected chi connectivity index (χ2v) is 5.72. The lowest BCUT2D eigenvalue weighted by Crippen LogP contribution is -2.50. The maximum Gasteiger partial charge on any atom is 0.321 e. The normalized spacial score (nSPS) is 19.2. The zero-order valence-electron chi connectivity index (χ0n) is 11.0. The molecule has 0 saturated carbocycles. The first-order chi connectivity index (χ1) is 9.97. The van der Waals surface area contributed by atoms with Gasteiger partial charge < -0.3 is 10.4 Å². The molecule has 0 bridgehead atoms. The minimum atomic E-state index is -0.994. The van der Waals surface area contributed by atoms with Crippen LogP contribution < -0.4 is 5.32 Å². The molecule has 5 nitrogen and oxygen atoms in total. The summed E-state index contributed by atoms with van der Waals surface area (Å²) in [7, 11) is 0. The predicted octanol–water partition coefficient (Wildman–Crippen LogP) is 1.41. The van der Waals surface area contributed by atoms with Crippen LogP contribution in [0.3, 0.4) is 0 Å². The van der Waals surface area contributed by atoms with E-state index in [2.05, 4.69) is 5.32 Å². The molecule has 1 aliphatic heterocycles. The third kappa shape index (κ3) is 4.15. The van der Waals surface area contributed by atoms with Crippen molar-refractivity contribution in [1.29, 1.82) is 0 Å². The van der Waals surface area contributed by atoms with Crippen LogP contribution in [-0.2, 0) is 9.59 Å². The summed E-state index contributed by atoms with van der Waals surface area (Å²) >= 11 is 1.51. The second kappa shape index (κ2) is 6.86. The van der Waals surface area contributed by atoms with E-state index >= 15 is 0 Å². The molecule has 1 unspecified atom stereocenters. The highest BCUT2D eigenvalue weighted by atomic mass is 32.2. The molecule has 0 spiro atoms. The van der Waals surface area contributed by atoms with Crippen molar-refractivity contribution in [3.63, 3.8) is 0 Å². The molecule has 1 aromatic rings. The van der Waals surface area contributed by atoms with Crippen LogP contribution in [0.25, 0.3) is 0 Å². The number of aliphatic carboxylic acids is 1. The average Bonchev–Trinajstić information content (AvgIpc) is 2.43. The topological polar surface area (TPSA) is 69.6 Å². The van der Waals surface area contributed by atoms with Crippen LogP contribution in [0.15, 0.2) is 18.2 Å². The number of amides is 1. The van der Waals surface area contributed by atoms with Crippen LogP contribution >= 0.6 is 11.8 Å². The fourth-order valence-electron chi connectivity index (χ4n) is 2.02. The molecule has 1 atom stereocenters. The molecule has 8 heteroatoms. The first-order valence-corrected chi connectivity index (χ1v) is 7.42. The third-order valence-electron chi connectivity index (χ3n) is 3.07. The highest BCUT2D eigenvalue weighted by molar-refractivity contribution is 7.99. The maximum atomic E-state index is 13.4. The standard InChI is InChI=1S/C13H14F2N2O3S/c14-8-1-2-9(15)10(5-8)16-12(18)6-17-3-4-21-7-11(17)13(19)20/h1-2,5,11H,3-4,6-7H2,(H,16,18)(H,19,20). The third-order valence-corrected chi connectivity index (χ3v) is 4.10. The molecule has 1 fully saturated rings. The van der Waals surface area contributed by atoms with Crippen LogP contribution in [0.4, 0.5) is 14.5 Å². The summed E-state index contributed by atoms with van der Waals surface area (Å²) in [5.74, 6) is -1.84. The number of carbonyl (C=O) groups excluding carboxylic acids is 1. The number of anilines is 1. The number of nitrogens with zero attached hydrogens (tertiary/aromatic N) is 1. The highest BCUT2D eigenvalue weighted by Crippen LogP contribution is 2.18. The Kier molecular flexibility index (Phi) is 5.13. The smallest absolute Gasteiger partial charge is 0.321 e. The van der Waals surface area contributed by atoms with Crippen LogP contribution in [0.1, 0.15) is 0 Å². The van der Waals surface area contributed by atoms with Gasteiger partial charge in [0.2, 0.25) is 5.91 Å². The molecule has 0 aliphatic carbocycles. The molecular weight excluding hydrogens is 302 g/mol. The minimum absolute atomic E-state index is 0.173. The minimum Gasteiger partial charge on any atom is -0.480 e. The van der Waals surface area contributed by atoms with Crippen LogP contribution in [0, 0.1) is 11.6 Å². The highest BCUT2D eigenvalue weighted by Gasteiger charge is 2.30. The van der Waals surface area contributed by atoms with Crippen molar-refractivity contribution >= 4 is 29.3 Å². The largest absolute Gasteiger partial charge is 0.480 e. The number of carboxylic acid groups (broad SMARTS) is 1. The number of nitrogens with one attached hydrogen (secondary N) is 1. The van der Waals surface area contributed by atoms with Gasteiger partial charge in [-0.25, -0.2) is 8.78 Å². The SMILES string of the molecule is O=C(CN1CCSCC1C(=O)O)Nc1cc(F)ccc1F. The summed E-state index contributed by atoms with van der Waals surface area (Å²) in [5, 5.41) is 11.4. The molecule has 114 valence electrons. The summed E-state index contributed by atoms with van der Waals surface area (Å²) in [4.78, 5) is 24.5. The Morgan fingerprint density at radius 1 is 1.43 bits per heavy atom. The number of thioether (sulfide) groups is 1. The number of hydrogen-bond acceptors (Lipinski definition) is 4. The number of halogens is 2. The summed E-state index contributed by atoms with van der Waals surface area (Å²) in [6.07, 6.45) is 0. The van der Waals surface area contributed by atoms with Crippen molar-refractivity contribution in [2.24, 2.45) is 0 Å². The molecule has 21 heavy (non-hydrogen) atoms. The lowest BCUT2D eigenvalue weighted by Gasteiger charge is -2.31. The second-order valence-electron chi connectivity index (χ2n) is 4.57. The van der Waals surface area contributed by atoms with Gasteiger partial charge in [0.25, 0.3) is 0 Å². The number of benzene rings is 1. The van der Waals surface area contributed by atoms with Crippen molar-refractivity contribution in [3.8, 4) is 0 Å². The Hall–Kier alpha value is -1.67. The number of rotatable bonds is 4. The van der Waals surface area contributed by atoms with E-state index in [0.29, 0.717) is 12.3 Å². The number of carbonyl (C=O) groups is 2. The van der Waals surface area contributed by atoms with Crippen molar-refractivity contribution < 1.29 is 23.5 Å². The van der Waals surface area contributed by atoms with E-state index in [1.807, 2.05) is 0 Å². The maximum absolute atomic E-state index is 13.4. The van der Waals surface area contributed by atoms with E-state index in [9.17, 15) is 18.4 Å². The summed E-state index contributed by atoms with van der Waals surface area (Å²) in [6.45, 7) is 0.286. The lowest BCUT2D eigenvalue weighted by atomic mass is 10.2. The molecule has 0 radical (unpaired) electrons. The number of hydrogen-bond donors (Lipinski definition) is 2. The van der Waals surface area contributed by atoms with E-state index in [1.54, 1.807) is 0 Å². The Bertz CT molecular complexity index is 556. The lowest BCUT2D eigenvalue weighted by molar-refractivity contribution is -0.142. The fourth-order valence-corrected chi connectivity index (χ4v) is 3.13. The quantitative estimate of drug-likeness (QED) is 0.879. The van der Waals surface area contributed by atoms with Gasteiger partial charge in [-0.2, -0.15) is 11.8 Å². The van der Waals surface area contributed by atoms with E-state index in [1.165, 1.54) is 16.7 Å². The van der Waals surface area contributed by atoms with Crippen LogP contribution in [-0.4, -0.2) is 52.5 Å². The predicted molar refractivity (Wildman–Crippen MR) is 75.3 cm³/mol. The van der Waals surface area contributed by atoms with Crippen molar-refractivity contribution in [1.82, 2.24) is 4.90 Å². The molecule has 2 N–H and O–H groups in total. The zero-order valence-corrected chi connectivity index (χ0v) is 11.8. The van der Waals surface area contributed by atoms with Gasteiger partial charge in [0.1, 0.15) is 17.7 Å². The molecule has 1 amide bonds. The van der Waals surface area contributed by atoms with Gasteiger partial charge in [-0.1, -0.05) is 0 Å². The van der Waals surface area contributed by atoms with Gasteiger partial charge in [0.15, 0.2) is 0 Å². The first-order valence-electron chi connectivity index (χ1n) is 6.27. The fraction of sp³-hybridized carbons (Fsp3) is 0.385. The Morgan fingerprint density at radius 2 is 2.19 bits per heavy atom. The molecular formula is C13H14F2N2O3S. The molecule has 1 aliphatic rings. The Labute approximate surface area is 124 Å². The van der Waals surface area contributed by atoms with Crippen molar-refractivity contribution in [3.05, 3.63) is 29.8 Å². The van der Waals surface area contributed by atoms with Gasteiger partial charge in [-0.05, 0) is 12.1 Å². The van der Waals surface area contributed by atoms with E-state index in [4.69, 9.17) is 5.11 Å². The molecule has 1 aromatic carbocycles. The van der Waals surface area contributed by atoms with Crippen molar-refractivity contribution in [2.75, 3.05) is 29.9 Å². The summed E-state index contributed by atoms with van der Waals surface area (Å²) in [6, 6.07) is 2.01. The Balaban J connectivity index is 2.00. The van der Waals surface area contributed by atoms with Gasteiger partial charge in [0, 0.05) is 24.1 Å². The van der Waals surface area contributed by atoms with Gasteiger partial charge in [-0.3, -0.25) is 14.5 Å². The molecule has 1 heterocycles.